The number of nitrogens with zero attached hydrogens (tertiary/aromatic N) is 1. The smallest absolute Gasteiger partial charge is 0.459 e. The molecule has 2 heterocycles. The van der Waals surface area contributed by atoms with E-state index in [0.717, 1.165) is 0 Å². The van der Waals surface area contributed by atoms with Crippen LogP contribution in [0.2, 0.25) is 0 Å². The molecular formula is C23H30N3O8P. The molecule has 12 heteroatoms. The first-order chi connectivity index (χ1) is 16.7. The summed E-state index contributed by atoms with van der Waals surface area (Å²) in [5.41, 5.74) is -0.740. The molecule has 3 rings (SSSR count). The lowest BCUT2D eigenvalue weighted by Gasteiger charge is -2.27. The molecule has 0 radical (unpaired) electrons. The Hall–Kier alpha value is -2.98. The number of esters is 1. The maximum atomic E-state index is 13.7. The molecule has 1 aliphatic rings. The van der Waals surface area contributed by atoms with Crippen molar-refractivity contribution in [3.8, 4) is 5.75 Å². The van der Waals surface area contributed by atoms with Gasteiger partial charge >= 0.3 is 19.4 Å². The lowest BCUT2D eigenvalue weighted by molar-refractivity contribution is -0.144. The van der Waals surface area contributed by atoms with Gasteiger partial charge in [-0.25, -0.2) is 9.36 Å². The van der Waals surface area contributed by atoms with Crippen LogP contribution >= 0.6 is 7.75 Å². The molecule has 2 unspecified atom stereocenters. The Bertz CT molecular complexity index is 1210. The third kappa shape index (κ3) is 6.79. The van der Waals surface area contributed by atoms with Crippen LogP contribution in [0.5, 0.6) is 5.75 Å². The quantitative estimate of drug-likeness (QED) is 0.267. The van der Waals surface area contributed by atoms with E-state index < -0.39 is 43.3 Å². The third-order valence-corrected chi connectivity index (χ3v) is 7.10. The van der Waals surface area contributed by atoms with Gasteiger partial charge in [0.1, 0.15) is 17.9 Å². The highest BCUT2D eigenvalue weighted by molar-refractivity contribution is 7.52. The van der Waals surface area contributed by atoms with Crippen molar-refractivity contribution in [3.63, 3.8) is 0 Å². The van der Waals surface area contributed by atoms with E-state index >= 15 is 0 Å². The van der Waals surface area contributed by atoms with Gasteiger partial charge in [0.2, 0.25) is 0 Å². The largest absolute Gasteiger partial charge is 0.468 e. The van der Waals surface area contributed by atoms with Crippen molar-refractivity contribution in [2.45, 2.75) is 45.6 Å². The van der Waals surface area contributed by atoms with Gasteiger partial charge in [-0.3, -0.25) is 23.7 Å². The first-order valence-corrected chi connectivity index (χ1v) is 12.7. The van der Waals surface area contributed by atoms with Crippen LogP contribution in [0.15, 0.2) is 58.3 Å². The molecule has 2 N–H and O–H groups in total. The monoisotopic (exact) mass is 507 g/mol. The Balaban J connectivity index is 1.76. The number of carbonyl (C=O) groups excluding carboxylic acids is 1. The van der Waals surface area contributed by atoms with Crippen LogP contribution in [0.25, 0.3) is 0 Å². The predicted octanol–water partition coefficient (Wildman–Crippen LogP) is 2.68. The highest BCUT2D eigenvalue weighted by Crippen LogP contribution is 2.46. The molecule has 0 saturated heterocycles. The van der Waals surface area contributed by atoms with Crippen LogP contribution in [0, 0.1) is 12.8 Å². The number of nitrogens with one attached hydrogen (secondary N) is 2. The van der Waals surface area contributed by atoms with Crippen LogP contribution in [0.1, 0.15) is 32.1 Å². The number of H-pyrrole nitrogens is 1. The first-order valence-electron chi connectivity index (χ1n) is 11.2. The molecular weight excluding hydrogens is 477 g/mol. The zero-order valence-corrected chi connectivity index (χ0v) is 20.9. The summed E-state index contributed by atoms with van der Waals surface area (Å²) in [5.74, 6) is -0.530. The highest BCUT2D eigenvalue weighted by atomic mass is 31.2. The van der Waals surface area contributed by atoms with E-state index in [2.05, 4.69) is 10.1 Å². The van der Waals surface area contributed by atoms with Crippen LogP contribution in [0.3, 0.4) is 0 Å². The van der Waals surface area contributed by atoms with Crippen molar-refractivity contribution in [2.75, 3.05) is 13.7 Å². The fourth-order valence-electron chi connectivity index (χ4n) is 3.34. The number of aryl methyl sites for hydroxylation is 1. The van der Waals surface area contributed by atoms with Crippen molar-refractivity contribution in [1.29, 1.82) is 0 Å². The van der Waals surface area contributed by atoms with E-state index in [9.17, 15) is 18.9 Å². The van der Waals surface area contributed by atoms with Crippen molar-refractivity contribution in [3.05, 3.63) is 75.1 Å². The molecule has 1 aromatic carbocycles. The minimum atomic E-state index is -4.08. The zero-order chi connectivity index (χ0) is 25.6. The maximum absolute atomic E-state index is 13.7. The van der Waals surface area contributed by atoms with Crippen molar-refractivity contribution < 1.29 is 27.9 Å². The minimum Gasteiger partial charge on any atom is -0.468 e. The second-order valence-electron chi connectivity index (χ2n) is 8.14. The van der Waals surface area contributed by atoms with Gasteiger partial charge in [0.25, 0.3) is 5.56 Å². The fraction of sp³-hybridized carbons (Fsp3) is 0.435. The molecule has 2 aromatic rings. The number of methoxy groups -OCH3 is 1. The fourth-order valence-corrected chi connectivity index (χ4v) is 4.97. The van der Waals surface area contributed by atoms with Gasteiger partial charge in [0, 0.05) is 11.8 Å². The Morgan fingerprint density at radius 2 is 1.97 bits per heavy atom. The maximum Gasteiger partial charge on any atom is 0.459 e. The number of hydrogen-bond acceptors (Lipinski definition) is 8. The SMILES string of the molecule is CCC(C)[C@H](NP(=O)(OC[C@@H]1C=C[C@H](n2cc(C)c(=O)[nH]c2=O)O1)Oc1ccccc1)C(=O)OC. The summed E-state index contributed by atoms with van der Waals surface area (Å²) in [6, 6.07) is 7.49. The third-order valence-electron chi connectivity index (χ3n) is 5.57. The topological polar surface area (TPSA) is 138 Å². The summed E-state index contributed by atoms with van der Waals surface area (Å²) in [6.45, 7) is 5.09. The average Bonchev–Trinajstić information content (AvgIpc) is 3.32. The standard InChI is InChI=1S/C23H30N3O8P/c1-5-15(2)20(22(28)31-4)25-35(30,34-17-9-7-6-8-10-17)32-14-18-11-12-19(33-18)26-13-16(3)21(27)24-23(26)29/h6-13,15,18-20H,5,14H2,1-4H3,(H,25,30)(H,24,27,29)/t15?,18-,19+,20-,35?/m0/s1. The molecule has 5 atom stereocenters. The van der Waals surface area contributed by atoms with Gasteiger partial charge in [0.15, 0.2) is 6.23 Å². The number of aromatic nitrogens is 2. The summed E-state index contributed by atoms with van der Waals surface area (Å²) in [7, 11) is -2.83. The molecule has 11 nitrogen and oxygen atoms in total. The van der Waals surface area contributed by atoms with Crippen molar-refractivity contribution in [2.24, 2.45) is 5.92 Å². The number of benzene rings is 1. The van der Waals surface area contributed by atoms with Gasteiger partial charge in [-0.05, 0) is 31.1 Å². The summed E-state index contributed by atoms with van der Waals surface area (Å²) >= 11 is 0. The van der Waals surface area contributed by atoms with E-state index in [0.29, 0.717) is 12.0 Å². The molecule has 1 aliphatic heterocycles. The Labute approximate surface area is 202 Å². The highest BCUT2D eigenvalue weighted by Gasteiger charge is 2.37. The first kappa shape index (κ1) is 26.6. The summed E-state index contributed by atoms with van der Waals surface area (Å²) < 4.78 is 37.0. The van der Waals surface area contributed by atoms with Crippen LogP contribution in [-0.2, 0) is 23.4 Å². The number of hydrogen-bond donors (Lipinski definition) is 2. The molecule has 0 bridgehead atoms. The van der Waals surface area contributed by atoms with E-state index in [1.165, 1.54) is 17.9 Å². The Kier molecular flexibility index (Phi) is 8.85. The van der Waals surface area contributed by atoms with Gasteiger partial charge in [-0.2, -0.15) is 5.09 Å². The molecule has 0 saturated carbocycles. The zero-order valence-electron chi connectivity index (χ0n) is 20.0. The number of para-hydroxylation sites is 1. The van der Waals surface area contributed by atoms with Gasteiger partial charge in [-0.1, -0.05) is 44.5 Å². The average molecular weight is 507 g/mol. The second kappa shape index (κ2) is 11.6. The van der Waals surface area contributed by atoms with E-state index in [1.807, 2.05) is 13.8 Å². The number of aromatic amines is 1. The normalized spacial score (nSPS) is 20.7. The lowest BCUT2D eigenvalue weighted by Crippen LogP contribution is -2.42. The molecule has 0 fully saturated rings. The second-order valence-corrected chi connectivity index (χ2v) is 9.84. The van der Waals surface area contributed by atoms with E-state index in [-0.39, 0.29) is 18.3 Å². The molecule has 1 aromatic heterocycles. The van der Waals surface area contributed by atoms with Gasteiger partial charge < -0.3 is 14.0 Å². The molecule has 0 spiro atoms. The van der Waals surface area contributed by atoms with Crippen molar-refractivity contribution >= 4 is 13.7 Å². The predicted molar refractivity (Wildman–Crippen MR) is 128 cm³/mol. The van der Waals surface area contributed by atoms with Gasteiger partial charge in [-0.15, -0.1) is 0 Å². The molecule has 0 amide bonds. The van der Waals surface area contributed by atoms with Crippen LogP contribution in [0.4, 0.5) is 0 Å². The van der Waals surface area contributed by atoms with Crippen LogP contribution < -0.4 is 20.9 Å². The number of ether oxygens (including phenoxy) is 2. The summed E-state index contributed by atoms with van der Waals surface area (Å²) in [6.07, 6.45) is 3.83. The Morgan fingerprint density at radius 3 is 2.63 bits per heavy atom. The van der Waals surface area contributed by atoms with E-state index in [1.54, 1.807) is 49.4 Å². The molecule has 190 valence electrons. The van der Waals surface area contributed by atoms with Crippen LogP contribution in [-0.4, -0.2) is 41.4 Å². The summed E-state index contributed by atoms with van der Waals surface area (Å²) in [4.78, 5) is 38.4. The molecule has 35 heavy (non-hydrogen) atoms. The minimum absolute atomic E-state index is 0.199. The number of rotatable bonds is 11. The summed E-state index contributed by atoms with van der Waals surface area (Å²) in [5, 5.41) is 2.73. The Morgan fingerprint density at radius 1 is 1.26 bits per heavy atom. The van der Waals surface area contributed by atoms with Gasteiger partial charge in [0.05, 0.1) is 13.7 Å². The van der Waals surface area contributed by atoms with E-state index in [4.69, 9.17) is 18.5 Å². The van der Waals surface area contributed by atoms with Crippen molar-refractivity contribution in [1.82, 2.24) is 14.6 Å². The lowest BCUT2D eigenvalue weighted by atomic mass is 10.0. The number of carbonyl (C=O) groups is 1. The molecule has 0 aliphatic carbocycles.